The van der Waals surface area contributed by atoms with Gasteiger partial charge in [-0.15, -0.1) is 0 Å². The summed E-state index contributed by atoms with van der Waals surface area (Å²) in [7, 11) is 0. The molecule has 0 bridgehead atoms. The molecule has 2 unspecified atom stereocenters. The first-order valence-electron chi connectivity index (χ1n) is 7.83. The van der Waals surface area contributed by atoms with Crippen molar-refractivity contribution in [1.29, 1.82) is 0 Å². The summed E-state index contributed by atoms with van der Waals surface area (Å²) in [5, 5.41) is 4.41. The van der Waals surface area contributed by atoms with Crippen molar-refractivity contribution in [2.75, 3.05) is 6.54 Å². The third-order valence-electron chi connectivity index (χ3n) is 4.19. The van der Waals surface area contributed by atoms with Crippen molar-refractivity contribution in [2.45, 2.75) is 64.0 Å². The molecule has 2 atom stereocenters. The number of hydrogen-bond acceptors (Lipinski definition) is 2. The summed E-state index contributed by atoms with van der Waals surface area (Å²) < 4.78 is 0. The first kappa shape index (κ1) is 15.9. The van der Waals surface area contributed by atoms with Crippen molar-refractivity contribution in [3.63, 3.8) is 0 Å². The molecule has 1 aromatic rings. The van der Waals surface area contributed by atoms with Crippen LogP contribution in [0.5, 0.6) is 0 Å². The monoisotopic (exact) mass is 291 g/mol. The van der Waals surface area contributed by atoms with Gasteiger partial charge < -0.3 is 5.32 Å². The van der Waals surface area contributed by atoms with E-state index in [-0.39, 0.29) is 5.41 Å². The lowest BCUT2D eigenvalue weighted by atomic mass is 9.83. The minimum atomic E-state index is 0.226. The maximum atomic E-state index is 3.73. The topological polar surface area (TPSA) is 12.0 Å². The van der Waals surface area contributed by atoms with Crippen LogP contribution in [-0.2, 0) is 11.2 Å². The van der Waals surface area contributed by atoms with Crippen molar-refractivity contribution in [3.8, 4) is 0 Å². The third-order valence-corrected chi connectivity index (χ3v) is 5.87. The van der Waals surface area contributed by atoms with Gasteiger partial charge in [-0.3, -0.25) is 0 Å². The van der Waals surface area contributed by atoms with E-state index in [1.54, 1.807) is 0 Å². The second-order valence-electron chi connectivity index (χ2n) is 7.22. The van der Waals surface area contributed by atoms with Gasteiger partial charge in [0.15, 0.2) is 0 Å². The van der Waals surface area contributed by atoms with E-state index in [0.29, 0.717) is 17.2 Å². The molecule has 0 saturated heterocycles. The molecule has 0 saturated carbocycles. The van der Waals surface area contributed by atoms with Crippen molar-refractivity contribution in [1.82, 2.24) is 5.32 Å². The van der Waals surface area contributed by atoms with Gasteiger partial charge in [0, 0.05) is 17.0 Å². The molecular formula is C18H29NS. The zero-order chi connectivity index (χ0) is 14.9. The van der Waals surface area contributed by atoms with Gasteiger partial charge in [-0.2, -0.15) is 11.8 Å². The third kappa shape index (κ3) is 3.23. The molecule has 1 aliphatic heterocycles. The molecule has 1 heterocycles. The van der Waals surface area contributed by atoms with Crippen LogP contribution in [-0.4, -0.2) is 11.8 Å². The van der Waals surface area contributed by atoms with Crippen LogP contribution >= 0.6 is 11.8 Å². The Morgan fingerprint density at radius 3 is 2.55 bits per heavy atom. The minimum Gasteiger partial charge on any atom is -0.309 e. The number of hydrogen-bond donors (Lipinski definition) is 1. The molecule has 1 N–H and O–H groups in total. The Morgan fingerprint density at radius 2 is 2.00 bits per heavy atom. The summed E-state index contributed by atoms with van der Waals surface area (Å²) in [6.07, 6.45) is 0. The molecule has 0 aromatic heterocycles. The van der Waals surface area contributed by atoms with Crippen LogP contribution in [0.4, 0.5) is 0 Å². The van der Waals surface area contributed by atoms with Gasteiger partial charge in [0.1, 0.15) is 0 Å². The molecule has 0 aliphatic carbocycles. The molecule has 0 spiro atoms. The van der Waals surface area contributed by atoms with E-state index >= 15 is 0 Å². The summed E-state index contributed by atoms with van der Waals surface area (Å²) in [4.78, 5) is 0. The highest BCUT2D eigenvalue weighted by Gasteiger charge is 2.32. The van der Waals surface area contributed by atoms with Gasteiger partial charge >= 0.3 is 0 Å². The van der Waals surface area contributed by atoms with E-state index in [4.69, 9.17) is 0 Å². The average molecular weight is 292 g/mol. The smallest absolute Gasteiger partial charge is 0.0446 e. The molecule has 2 heteroatoms. The van der Waals surface area contributed by atoms with Crippen molar-refractivity contribution < 1.29 is 0 Å². The van der Waals surface area contributed by atoms with Gasteiger partial charge in [0.05, 0.1) is 0 Å². The second-order valence-corrected chi connectivity index (χ2v) is 8.38. The first-order chi connectivity index (χ1) is 9.34. The lowest BCUT2D eigenvalue weighted by Gasteiger charge is -2.37. The highest BCUT2D eigenvalue weighted by molar-refractivity contribution is 7.99. The molecule has 0 amide bonds. The highest BCUT2D eigenvalue weighted by Crippen LogP contribution is 2.42. The van der Waals surface area contributed by atoms with Gasteiger partial charge in [-0.25, -0.2) is 0 Å². The maximum absolute atomic E-state index is 3.73. The fraction of sp³-hybridized carbons (Fsp3) is 0.667. The van der Waals surface area contributed by atoms with E-state index in [1.807, 2.05) is 0 Å². The van der Waals surface area contributed by atoms with Crippen LogP contribution in [0.15, 0.2) is 18.2 Å². The molecule has 112 valence electrons. The number of nitrogens with one attached hydrogen (secondary N) is 1. The van der Waals surface area contributed by atoms with Crippen LogP contribution in [0.3, 0.4) is 0 Å². The predicted octanol–water partition coefficient (Wildman–Crippen LogP) is 4.91. The van der Waals surface area contributed by atoms with Crippen LogP contribution in [0, 0.1) is 5.92 Å². The summed E-state index contributed by atoms with van der Waals surface area (Å²) in [6.45, 7) is 14.8. The van der Waals surface area contributed by atoms with E-state index in [9.17, 15) is 0 Å². The van der Waals surface area contributed by atoms with E-state index in [0.717, 1.165) is 12.3 Å². The molecule has 20 heavy (non-hydrogen) atoms. The van der Waals surface area contributed by atoms with Gasteiger partial charge in [0.25, 0.3) is 0 Å². The van der Waals surface area contributed by atoms with Crippen molar-refractivity contribution in [2.24, 2.45) is 5.92 Å². The number of rotatable bonds is 3. The SMILES string of the molecule is CCNC1c2cc(C(C)(C)C)ccc2CSC1C(C)C. The van der Waals surface area contributed by atoms with E-state index < -0.39 is 0 Å². The van der Waals surface area contributed by atoms with Crippen LogP contribution in [0.1, 0.15) is 64.3 Å². The Balaban J connectivity index is 2.43. The van der Waals surface area contributed by atoms with Crippen molar-refractivity contribution in [3.05, 3.63) is 34.9 Å². The lowest BCUT2D eigenvalue weighted by molar-refractivity contribution is 0.446. The standard InChI is InChI=1S/C18H29NS/c1-7-19-16-15-10-14(18(4,5)6)9-8-13(15)11-20-17(16)12(2)3/h8-10,12,16-17,19H,7,11H2,1-6H3. The number of benzene rings is 1. The molecular weight excluding hydrogens is 262 g/mol. The van der Waals surface area contributed by atoms with Crippen LogP contribution < -0.4 is 5.32 Å². The zero-order valence-electron chi connectivity index (χ0n) is 13.8. The Morgan fingerprint density at radius 1 is 1.30 bits per heavy atom. The van der Waals surface area contributed by atoms with E-state index in [2.05, 4.69) is 76.8 Å². The summed E-state index contributed by atoms with van der Waals surface area (Å²) in [5.41, 5.74) is 4.74. The average Bonchev–Trinajstić information content (AvgIpc) is 2.37. The predicted molar refractivity (Wildman–Crippen MR) is 91.5 cm³/mol. The quantitative estimate of drug-likeness (QED) is 0.849. The summed E-state index contributed by atoms with van der Waals surface area (Å²) >= 11 is 2.11. The van der Waals surface area contributed by atoms with Gasteiger partial charge in [-0.05, 0) is 34.6 Å². The van der Waals surface area contributed by atoms with Crippen LogP contribution in [0.2, 0.25) is 0 Å². The maximum Gasteiger partial charge on any atom is 0.0446 e. The Bertz CT molecular complexity index is 459. The Hall–Kier alpha value is -0.470. The summed E-state index contributed by atoms with van der Waals surface area (Å²) in [6, 6.07) is 7.62. The Kier molecular flexibility index (Phi) is 4.86. The van der Waals surface area contributed by atoms with Gasteiger partial charge in [-0.1, -0.05) is 59.7 Å². The second kappa shape index (κ2) is 6.11. The fourth-order valence-corrected chi connectivity index (χ4v) is 4.42. The fourth-order valence-electron chi connectivity index (χ4n) is 2.96. The zero-order valence-corrected chi connectivity index (χ0v) is 14.6. The lowest BCUT2D eigenvalue weighted by Crippen LogP contribution is -2.36. The highest BCUT2D eigenvalue weighted by atomic mass is 32.2. The molecule has 0 fully saturated rings. The first-order valence-corrected chi connectivity index (χ1v) is 8.87. The van der Waals surface area contributed by atoms with Gasteiger partial charge in [0.2, 0.25) is 0 Å². The van der Waals surface area contributed by atoms with Crippen molar-refractivity contribution >= 4 is 11.8 Å². The largest absolute Gasteiger partial charge is 0.309 e. The minimum absolute atomic E-state index is 0.226. The van der Waals surface area contributed by atoms with E-state index in [1.165, 1.54) is 16.7 Å². The Labute approximate surface area is 128 Å². The number of thioether (sulfide) groups is 1. The number of fused-ring (bicyclic) bond motifs is 1. The van der Waals surface area contributed by atoms with Crippen LogP contribution in [0.25, 0.3) is 0 Å². The molecule has 1 aromatic carbocycles. The molecule has 0 radical (unpaired) electrons. The molecule has 1 nitrogen and oxygen atoms in total. The normalized spacial score (nSPS) is 22.9. The molecule has 2 rings (SSSR count). The molecule has 1 aliphatic rings. The summed E-state index contributed by atoms with van der Waals surface area (Å²) in [5.74, 6) is 1.86.